The van der Waals surface area contributed by atoms with Crippen LogP contribution in [0.5, 0.6) is 0 Å². The van der Waals surface area contributed by atoms with E-state index < -0.39 is 8.07 Å². The van der Waals surface area contributed by atoms with Crippen molar-refractivity contribution in [1.82, 2.24) is 0 Å². The fourth-order valence-electron chi connectivity index (χ4n) is 1.21. The zero-order chi connectivity index (χ0) is 9.19. The van der Waals surface area contributed by atoms with E-state index in [1.54, 1.807) is 6.07 Å². The van der Waals surface area contributed by atoms with Crippen molar-refractivity contribution in [1.29, 1.82) is 0 Å². The zero-order valence-corrected chi connectivity index (χ0v) is 8.89. The Kier molecular flexibility index (Phi) is 2.68. The maximum absolute atomic E-state index is 13.1. The number of hydrogen-bond donors (Lipinski definition) is 0. The summed E-state index contributed by atoms with van der Waals surface area (Å²) in [6.45, 7) is 6.75. The molecule has 0 fully saturated rings. The van der Waals surface area contributed by atoms with Crippen molar-refractivity contribution >= 4 is 8.07 Å². The first-order valence-corrected chi connectivity index (χ1v) is 7.93. The van der Waals surface area contributed by atoms with Gasteiger partial charge in [0.25, 0.3) is 0 Å². The smallest absolute Gasteiger partial charge is 0.126 e. The molecule has 0 heterocycles. The van der Waals surface area contributed by atoms with E-state index in [9.17, 15) is 4.39 Å². The van der Waals surface area contributed by atoms with Crippen LogP contribution in [0.25, 0.3) is 0 Å². The van der Waals surface area contributed by atoms with Crippen LogP contribution in [0.1, 0.15) is 5.56 Å². The van der Waals surface area contributed by atoms with Crippen LogP contribution in [0.3, 0.4) is 0 Å². The van der Waals surface area contributed by atoms with Crippen molar-refractivity contribution in [3.8, 4) is 0 Å². The van der Waals surface area contributed by atoms with Crippen LogP contribution >= 0.6 is 0 Å². The van der Waals surface area contributed by atoms with Gasteiger partial charge in [0.2, 0.25) is 0 Å². The Bertz CT molecular complexity index is 263. The van der Waals surface area contributed by atoms with Crippen molar-refractivity contribution < 1.29 is 4.39 Å². The highest BCUT2D eigenvalue weighted by Crippen LogP contribution is 2.14. The molecule has 0 saturated carbocycles. The minimum Gasteiger partial charge on any atom is -0.207 e. The number of rotatable bonds is 2. The van der Waals surface area contributed by atoms with Crippen LogP contribution in [0.15, 0.2) is 24.3 Å². The summed E-state index contributed by atoms with van der Waals surface area (Å²) in [6.07, 6.45) is 0. The minimum atomic E-state index is -1.17. The van der Waals surface area contributed by atoms with Gasteiger partial charge in [-0.2, -0.15) is 0 Å². The second-order valence-corrected chi connectivity index (χ2v) is 9.80. The molecular formula is C10H15FSi. The standard InChI is InChI=1S/C10H15FSi/c1-12(2,3)8-9-6-4-5-7-10(9)11/h4-7H,8H2,1-3H3. The average Bonchev–Trinajstić information content (AvgIpc) is 1.91. The quantitative estimate of drug-likeness (QED) is 0.616. The molecule has 0 unspecified atom stereocenters. The molecule has 66 valence electrons. The zero-order valence-electron chi connectivity index (χ0n) is 7.89. The molecule has 0 atom stereocenters. The second-order valence-electron chi connectivity index (χ2n) is 4.33. The lowest BCUT2D eigenvalue weighted by molar-refractivity contribution is 0.616. The van der Waals surface area contributed by atoms with E-state index in [2.05, 4.69) is 19.6 Å². The first kappa shape index (κ1) is 9.45. The summed E-state index contributed by atoms with van der Waals surface area (Å²) >= 11 is 0. The summed E-state index contributed by atoms with van der Waals surface area (Å²) in [7, 11) is -1.17. The van der Waals surface area contributed by atoms with E-state index in [4.69, 9.17) is 0 Å². The van der Waals surface area contributed by atoms with Gasteiger partial charge in [0, 0.05) is 8.07 Å². The van der Waals surface area contributed by atoms with Gasteiger partial charge in [-0.25, -0.2) is 4.39 Å². The Hall–Kier alpha value is -0.633. The topological polar surface area (TPSA) is 0 Å². The molecule has 2 heteroatoms. The lowest BCUT2D eigenvalue weighted by Crippen LogP contribution is -2.24. The van der Waals surface area contributed by atoms with E-state index in [1.807, 2.05) is 12.1 Å². The first-order chi connectivity index (χ1) is 5.49. The van der Waals surface area contributed by atoms with E-state index in [0.29, 0.717) is 0 Å². The van der Waals surface area contributed by atoms with Crippen molar-refractivity contribution in [2.24, 2.45) is 0 Å². The number of hydrogen-bond acceptors (Lipinski definition) is 0. The highest BCUT2D eigenvalue weighted by Gasteiger charge is 2.15. The molecule has 12 heavy (non-hydrogen) atoms. The van der Waals surface area contributed by atoms with Gasteiger partial charge in [-0.05, 0) is 17.7 Å². The molecule has 0 saturated heterocycles. The monoisotopic (exact) mass is 182 g/mol. The lowest BCUT2D eigenvalue weighted by Gasteiger charge is -2.15. The highest BCUT2D eigenvalue weighted by molar-refractivity contribution is 6.75. The third kappa shape index (κ3) is 2.78. The van der Waals surface area contributed by atoms with Gasteiger partial charge >= 0.3 is 0 Å². The maximum atomic E-state index is 13.1. The van der Waals surface area contributed by atoms with E-state index >= 15 is 0 Å². The number of halogens is 1. The molecule has 0 radical (unpaired) electrons. The molecule has 1 aromatic rings. The van der Waals surface area contributed by atoms with E-state index in [0.717, 1.165) is 11.6 Å². The van der Waals surface area contributed by atoms with Gasteiger partial charge in [-0.1, -0.05) is 37.8 Å². The summed E-state index contributed by atoms with van der Waals surface area (Å²) in [4.78, 5) is 0. The van der Waals surface area contributed by atoms with E-state index in [-0.39, 0.29) is 5.82 Å². The summed E-state index contributed by atoms with van der Waals surface area (Å²) < 4.78 is 13.1. The molecule has 0 nitrogen and oxygen atoms in total. The first-order valence-electron chi connectivity index (χ1n) is 4.22. The van der Waals surface area contributed by atoms with Gasteiger partial charge in [-0.15, -0.1) is 0 Å². The fourth-order valence-corrected chi connectivity index (χ4v) is 2.64. The normalized spacial score (nSPS) is 11.7. The Labute approximate surface area is 74.4 Å². The van der Waals surface area contributed by atoms with Crippen LogP contribution in [-0.4, -0.2) is 8.07 Å². The molecular weight excluding hydrogens is 167 g/mol. The summed E-state index contributed by atoms with van der Waals surface area (Å²) in [6, 6.07) is 7.99. The molecule has 0 amide bonds. The second kappa shape index (κ2) is 3.40. The molecule has 0 aromatic heterocycles. The summed E-state index contributed by atoms with van der Waals surface area (Å²) in [5.41, 5.74) is 0.872. The minimum absolute atomic E-state index is 0.0556. The van der Waals surface area contributed by atoms with Crippen molar-refractivity contribution in [2.45, 2.75) is 25.7 Å². The third-order valence-electron chi connectivity index (χ3n) is 1.68. The van der Waals surface area contributed by atoms with Gasteiger partial charge in [0.05, 0.1) is 0 Å². The van der Waals surface area contributed by atoms with Crippen LogP contribution in [0.2, 0.25) is 19.6 Å². The predicted octanol–water partition coefficient (Wildman–Crippen LogP) is 3.25. The molecule has 0 aliphatic carbocycles. The molecule has 1 rings (SSSR count). The lowest BCUT2D eigenvalue weighted by atomic mass is 10.2. The number of benzene rings is 1. The Morgan fingerprint density at radius 2 is 1.75 bits per heavy atom. The van der Waals surface area contributed by atoms with Crippen LogP contribution < -0.4 is 0 Å². The van der Waals surface area contributed by atoms with Crippen molar-refractivity contribution in [3.63, 3.8) is 0 Å². The van der Waals surface area contributed by atoms with Crippen molar-refractivity contribution in [2.75, 3.05) is 0 Å². The molecule has 0 aliphatic heterocycles. The van der Waals surface area contributed by atoms with Gasteiger partial charge in [-0.3, -0.25) is 0 Å². The van der Waals surface area contributed by atoms with Crippen LogP contribution in [0, 0.1) is 5.82 Å². The van der Waals surface area contributed by atoms with Crippen molar-refractivity contribution in [3.05, 3.63) is 35.6 Å². The third-order valence-corrected chi connectivity index (χ3v) is 3.12. The predicted molar refractivity (Wildman–Crippen MR) is 53.5 cm³/mol. The Morgan fingerprint density at radius 1 is 1.17 bits per heavy atom. The highest BCUT2D eigenvalue weighted by atomic mass is 28.3. The molecule has 0 bridgehead atoms. The SMILES string of the molecule is C[Si](C)(C)Cc1ccccc1F. The Balaban J connectivity index is 2.83. The fraction of sp³-hybridized carbons (Fsp3) is 0.400. The molecule has 0 spiro atoms. The molecule has 0 N–H and O–H groups in total. The molecule has 0 aliphatic rings. The molecule has 1 aromatic carbocycles. The maximum Gasteiger partial charge on any atom is 0.126 e. The summed E-state index contributed by atoms with van der Waals surface area (Å²) in [5.74, 6) is -0.0556. The Morgan fingerprint density at radius 3 is 2.25 bits per heavy atom. The van der Waals surface area contributed by atoms with Crippen LogP contribution in [0.4, 0.5) is 4.39 Å². The van der Waals surface area contributed by atoms with Gasteiger partial charge in [0.1, 0.15) is 5.82 Å². The van der Waals surface area contributed by atoms with E-state index in [1.165, 1.54) is 6.07 Å². The largest absolute Gasteiger partial charge is 0.207 e. The van der Waals surface area contributed by atoms with Crippen LogP contribution in [-0.2, 0) is 6.04 Å². The summed E-state index contributed by atoms with van der Waals surface area (Å²) in [5, 5.41) is 0. The van der Waals surface area contributed by atoms with Gasteiger partial charge < -0.3 is 0 Å². The van der Waals surface area contributed by atoms with Gasteiger partial charge in [0.15, 0.2) is 0 Å². The average molecular weight is 182 g/mol.